The number of rotatable bonds is 3. The second-order valence-electron chi connectivity index (χ2n) is 6.71. The molecule has 0 radical (unpaired) electrons. The second kappa shape index (κ2) is 6.70. The number of hydrogen-bond acceptors (Lipinski definition) is 5. The minimum Gasteiger partial charge on any atom is -0.342 e. The maximum atomic E-state index is 12.4. The highest BCUT2D eigenvalue weighted by atomic mass is 32.2. The summed E-state index contributed by atoms with van der Waals surface area (Å²) < 4.78 is 4.08. The lowest BCUT2D eigenvalue weighted by Gasteiger charge is -2.30. The third kappa shape index (κ3) is 3.12. The van der Waals surface area contributed by atoms with Gasteiger partial charge in [-0.3, -0.25) is 18.7 Å². The van der Waals surface area contributed by atoms with Crippen LogP contribution in [0.2, 0.25) is 0 Å². The molecule has 1 amide bonds. The summed E-state index contributed by atoms with van der Waals surface area (Å²) in [6, 6.07) is 0. The average molecular weight is 365 g/mol. The highest BCUT2D eigenvalue weighted by Gasteiger charge is 2.22. The van der Waals surface area contributed by atoms with Gasteiger partial charge in [0.1, 0.15) is 0 Å². The fourth-order valence-electron chi connectivity index (χ4n) is 3.26. The normalized spacial score (nSPS) is 18.1. The van der Waals surface area contributed by atoms with Crippen LogP contribution in [-0.2, 0) is 25.9 Å². The van der Waals surface area contributed by atoms with Gasteiger partial charge in [0, 0.05) is 34.2 Å². The lowest BCUT2D eigenvalue weighted by Crippen LogP contribution is -2.40. The molecule has 0 unspecified atom stereocenters. The van der Waals surface area contributed by atoms with Crippen LogP contribution in [0.3, 0.4) is 0 Å². The summed E-state index contributed by atoms with van der Waals surface area (Å²) in [6.07, 6.45) is 2.21. The number of aryl methyl sites for hydroxylation is 2. The number of carbonyl (C=O) groups is 1. The van der Waals surface area contributed by atoms with Crippen LogP contribution >= 0.6 is 11.8 Å². The quantitative estimate of drug-likeness (QED) is 0.732. The number of carbonyl (C=O) groups excluding carboxylic acids is 1. The van der Waals surface area contributed by atoms with E-state index >= 15 is 0 Å². The standard InChI is InChI=1S/C16H23N5O3S/c1-10-6-5-7-21(8-10)11(22)9-25-15-17-13-12(18(15)2)14(23)20(4)16(24)19(13)3/h10H,5-9H2,1-4H3/t10-/m0/s1. The molecule has 3 heterocycles. The molecule has 1 atom stereocenters. The van der Waals surface area contributed by atoms with Crippen LogP contribution in [0.5, 0.6) is 0 Å². The molecular weight excluding hydrogens is 342 g/mol. The van der Waals surface area contributed by atoms with Crippen molar-refractivity contribution in [2.24, 2.45) is 27.1 Å². The highest BCUT2D eigenvalue weighted by molar-refractivity contribution is 7.99. The van der Waals surface area contributed by atoms with Crippen molar-refractivity contribution in [3.05, 3.63) is 20.8 Å². The van der Waals surface area contributed by atoms with E-state index < -0.39 is 5.69 Å². The SMILES string of the molecule is C[C@H]1CCCN(C(=O)CSc2nc3c(c(=O)n(C)c(=O)n3C)n2C)C1. The van der Waals surface area contributed by atoms with Crippen molar-refractivity contribution >= 4 is 28.8 Å². The van der Waals surface area contributed by atoms with Crippen LogP contribution in [0.15, 0.2) is 14.7 Å². The zero-order chi connectivity index (χ0) is 18.3. The van der Waals surface area contributed by atoms with Crippen molar-refractivity contribution in [2.45, 2.75) is 24.9 Å². The summed E-state index contributed by atoms with van der Waals surface area (Å²) in [5, 5.41) is 0.562. The van der Waals surface area contributed by atoms with Gasteiger partial charge >= 0.3 is 5.69 Å². The lowest BCUT2D eigenvalue weighted by molar-refractivity contribution is -0.130. The Bertz CT molecular complexity index is 942. The van der Waals surface area contributed by atoms with Crippen LogP contribution in [0.4, 0.5) is 0 Å². The van der Waals surface area contributed by atoms with Gasteiger partial charge in [-0.25, -0.2) is 9.78 Å². The van der Waals surface area contributed by atoms with Crippen molar-refractivity contribution in [1.29, 1.82) is 0 Å². The predicted octanol–water partition coefficient (Wildman–Crippen LogP) is 0.321. The Kier molecular flexibility index (Phi) is 4.77. The number of likely N-dealkylation sites (tertiary alicyclic amines) is 1. The number of piperidine rings is 1. The number of nitrogens with zero attached hydrogens (tertiary/aromatic N) is 5. The highest BCUT2D eigenvalue weighted by Crippen LogP contribution is 2.22. The molecule has 0 aliphatic carbocycles. The summed E-state index contributed by atoms with van der Waals surface area (Å²) in [5.41, 5.74) is -0.0788. The molecular formula is C16H23N5O3S. The molecule has 0 aromatic carbocycles. The lowest BCUT2D eigenvalue weighted by atomic mass is 10.0. The monoisotopic (exact) mass is 365 g/mol. The van der Waals surface area contributed by atoms with E-state index in [0.717, 1.165) is 24.1 Å². The number of aromatic nitrogens is 4. The average Bonchev–Trinajstić information content (AvgIpc) is 2.92. The van der Waals surface area contributed by atoms with Crippen LogP contribution < -0.4 is 11.2 Å². The minimum atomic E-state index is -0.412. The van der Waals surface area contributed by atoms with E-state index in [4.69, 9.17) is 0 Å². The van der Waals surface area contributed by atoms with E-state index in [0.29, 0.717) is 22.2 Å². The Labute approximate surface area is 149 Å². The van der Waals surface area contributed by atoms with Gasteiger partial charge < -0.3 is 9.47 Å². The number of fused-ring (bicyclic) bond motifs is 1. The number of hydrogen-bond donors (Lipinski definition) is 0. The molecule has 3 rings (SSSR count). The smallest absolute Gasteiger partial charge is 0.332 e. The third-order valence-electron chi connectivity index (χ3n) is 4.77. The molecule has 0 saturated carbocycles. The number of amides is 1. The first-order chi connectivity index (χ1) is 11.8. The van der Waals surface area contributed by atoms with Crippen molar-refractivity contribution in [1.82, 2.24) is 23.6 Å². The van der Waals surface area contributed by atoms with Gasteiger partial charge in [0.25, 0.3) is 5.56 Å². The molecule has 136 valence electrons. The topological polar surface area (TPSA) is 82.1 Å². The van der Waals surface area contributed by atoms with Crippen LogP contribution in [0, 0.1) is 5.92 Å². The molecule has 0 N–H and O–H groups in total. The zero-order valence-electron chi connectivity index (χ0n) is 15.0. The second-order valence-corrected chi connectivity index (χ2v) is 7.65. The van der Waals surface area contributed by atoms with E-state index in [2.05, 4.69) is 11.9 Å². The first kappa shape index (κ1) is 17.8. The maximum absolute atomic E-state index is 12.4. The fraction of sp³-hybridized carbons (Fsp3) is 0.625. The van der Waals surface area contributed by atoms with Crippen molar-refractivity contribution in [3.63, 3.8) is 0 Å². The van der Waals surface area contributed by atoms with Crippen molar-refractivity contribution < 1.29 is 4.79 Å². The van der Waals surface area contributed by atoms with Gasteiger partial charge in [0.05, 0.1) is 5.75 Å². The van der Waals surface area contributed by atoms with E-state index in [-0.39, 0.29) is 17.2 Å². The van der Waals surface area contributed by atoms with E-state index in [1.807, 2.05) is 4.90 Å². The number of thioether (sulfide) groups is 1. The first-order valence-electron chi connectivity index (χ1n) is 8.34. The first-order valence-corrected chi connectivity index (χ1v) is 9.32. The molecule has 1 aliphatic rings. The summed E-state index contributed by atoms with van der Waals surface area (Å²) in [7, 11) is 4.77. The Balaban J connectivity index is 1.85. The molecule has 9 heteroatoms. The Morgan fingerprint density at radius 3 is 2.60 bits per heavy atom. The summed E-state index contributed by atoms with van der Waals surface area (Å²) in [4.78, 5) is 43.1. The van der Waals surface area contributed by atoms with E-state index in [9.17, 15) is 14.4 Å². The Morgan fingerprint density at radius 2 is 1.92 bits per heavy atom. The third-order valence-corrected chi connectivity index (χ3v) is 5.78. The molecule has 1 fully saturated rings. The minimum absolute atomic E-state index is 0.0883. The zero-order valence-corrected chi connectivity index (χ0v) is 15.8. The molecule has 2 aromatic rings. The summed E-state index contributed by atoms with van der Waals surface area (Å²) >= 11 is 1.30. The molecule has 0 spiro atoms. The number of imidazole rings is 1. The Morgan fingerprint density at radius 1 is 1.20 bits per heavy atom. The predicted molar refractivity (Wildman–Crippen MR) is 96.9 cm³/mol. The fourth-order valence-corrected chi connectivity index (χ4v) is 4.13. The molecule has 0 bridgehead atoms. The van der Waals surface area contributed by atoms with Crippen LogP contribution in [0.1, 0.15) is 19.8 Å². The Hall–Kier alpha value is -2.03. The molecule has 1 aliphatic heterocycles. The van der Waals surface area contributed by atoms with Gasteiger partial charge in [0.2, 0.25) is 5.91 Å². The van der Waals surface area contributed by atoms with Gasteiger partial charge in [-0.2, -0.15) is 0 Å². The van der Waals surface area contributed by atoms with Crippen molar-refractivity contribution in [3.8, 4) is 0 Å². The van der Waals surface area contributed by atoms with Gasteiger partial charge in [-0.05, 0) is 18.8 Å². The van der Waals surface area contributed by atoms with Gasteiger partial charge in [-0.15, -0.1) is 0 Å². The van der Waals surface area contributed by atoms with E-state index in [1.54, 1.807) is 18.7 Å². The van der Waals surface area contributed by atoms with Crippen LogP contribution in [0.25, 0.3) is 11.2 Å². The van der Waals surface area contributed by atoms with Crippen molar-refractivity contribution in [2.75, 3.05) is 18.8 Å². The maximum Gasteiger partial charge on any atom is 0.332 e. The van der Waals surface area contributed by atoms with Gasteiger partial charge in [0.15, 0.2) is 16.3 Å². The van der Waals surface area contributed by atoms with E-state index in [1.165, 1.54) is 29.8 Å². The van der Waals surface area contributed by atoms with Gasteiger partial charge in [-0.1, -0.05) is 18.7 Å². The summed E-state index contributed by atoms with van der Waals surface area (Å²) in [6.45, 7) is 3.77. The molecule has 1 saturated heterocycles. The van der Waals surface area contributed by atoms with Crippen LogP contribution in [-0.4, -0.2) is 48.3 Å². The molecule has 2 aromatic heterocycles. The molecule has 25 heavy (non-hydrogen) atoms. The largest absolute Gasteiger partial charge is 0.342 e. The molecule has 8 nitrogen and oxygen atoms in total. The summed E-state index contributed by atoms with van der Waals surface area (Å²) in [5.74, 6) is 0.902.